The number of imidazole rings is 1. The quantitative estimate of drug-likeness (QED) is 0.0377. The average molecular weight is 953 g/mol. The molecule has 0 saturated heterocycles. The van der Waals surface area contributed by atoms with Gasteiger partial charge in [0, 0.05) is 31.0 Å². The topological polar surface area (TPSA) is 300 Å². The van der Waals surface area contributed by atoms with Crippen LogP contribution in [-0.2, 0) is 40.0 Å². The number of carbonyl (C=O) groups excluding carboxylic acids is 5. The fourth-order valence-electron chi connectivity index (χ4n) is 6.93. The minimum atomic E-state index is -1.26. The van der Waals surface area contributed by atoms with Crippen molar-refractivity contribution >= 4 is 52.5 Å². The number of ether oxygens (including phenoxy) is 3. The van der Waals surface area contributed by atoms with Gasteiger partial charge in [-0.3, -0.25) is 33.3 Å². The summed E-state index contributed by atoms with van der Waals surface area (Å²) in [7, 11) is 0. The molecule has 1 aliphatic rings. The highest BCUT2D eigenvalue weighted by atomic mass is 19.2. The van der Waals surface area contributed by atoms with Crippen LogP contribution in [0.1, 0.15) is 80.3 Å². The minimum absolute atomic E-state index is 0.0210. The number of nitrogens with one attached hydrogen (secondary N) is 5. The molecule has 2 aromatic heterocycles. The Labute approximate surface area is 390 Å². The molecule has 21 nitrogen and oxygen atoms in total. The third kappa shape index (κ3) is 15.3. The molecule has 2 heterocycles. The highest BCUT2D eigenvalue weighted by Gasteiger charge is 2.44. The van der Waals surface area contributed by atoms with Crippen LogP contribution in [0, 0.1) is 23.5 Å². The largest absolute Gasteiger partial charge is 0.481 e. The van der Waals surface area contributed by atoms with E-state index in [0.717, 1.165) is 30.5 Å². The second kappa shape index (κ2) is 25.2. The van der Waals surface area contributed by atoms with Crippen molar-refractivity contribution in [3.8, 4) is 12.0 Å². The summed E-state index contributed by atoms with van der Waals surface area (Å²) < 4.78 is 45.0. The van der Waals surface area contributed by atoms with Crippen molar-refractivity contribution in [3.63, 3.8) is 0 Å². The summed E-state index contributed by atoms with van der Waals surface area (Å²) in [5.41, 5.74) is 8.22. The van der Waals surface area contributed by atoms with E-state index in [2.05, 4.69) is 41.5 Å². The highest BCUT2D eigenvalue weighted by molar-refractivity contribution is 5.95. The zero-order valence-corrected chi connectivity index (χ0v) is 38.0. The van der Waals surface area contributed by atoms with Gasteiger partial charge in [-0.2, -0.15) is 15.0 Å². The van der Waals surface area contributed by atoms with E-state index >= 15 is 0 Å². The molecule has 5 rings (SSSR count). The van der Waals surface area contributed by atoms with Gasteiger partial charge in [0.25, 0.3) is 11.9 Å². The van der Waals surface area contributed by atoms with E-state index in [-0.39, 0.29) is 87.7 Å². The van der Waals surface area contributed by atoms with Crippen molar-refractivity contribution in [2.75, 3.05) is 58.4 Å². The van der Waals surface area contributed by atoms with Crippen LogP contribution in [0.2, 0.25) is 0 Å². The fraction of sp³-hybridized carbons (Fsp3) is 0.489. The van der Waals surface area contributed by atoms with Crippen molar-refractivity contribution in [3.05, 3.63) is 70.8 Å². The van der Waals surface area contributed by atoms with E-state index in [1.165, 1.54) is 10.6 Å². The van der Waals surface area contributed by atoms with Gasteiger partial charge in [0.15, 0.2) is 28.6 Å². The number of unbranched alkanes of at least 4 members (excludes halogenated alkanes) is 1. The number of carbonyl (C=O) groups is 6. The first-order valence-electron chi connectivity index (χ1n) is 22.3. The SMILES string of the molecule is CCCCOc1nc(N)c2nc(O)n(Cc3ccc(C(=O)NCCOCCOCCNC(=O)[C@@H](CCC(=O)O)NC(=O)[C@@H](NC(=O)CNC(=O)C4CC4c4ccc(F)c(F)c4)C(C)C)cc3)c2n1. The normalized spacial score (nSPS) is 15.0. The fourth-order valence-corrected chi connectivity index (χ4v) is 6.93. The number of nitrogens with zero attached hydrogens (tertiary/aromatic N) is 4. The van der Waals surface area contributed by atoms with E-state index in [4.69, 9.17) is 19.9 Å². The molecule has 0 aliphatic heterocycles. The van der Waals surface area contributed by atoms with Crippen molar-refractivity contribution in [2.45, 2.75) is 77.4 Å². The smallest absolute Gasteiger partial charge is 0.320 e. The summed E-state index contributed by atoms with van der Waals surface area (Å²) in [6.45, 7) is 6.29. The Morgan fingerprint density at radius 2 is 1.57 bits per heavy atom. The predicted octanol–water partition coefficient (Wildman–Crippen LogP) is 1.91. The van der Waals surface area contributed by atoms with Gasteiger partial charge in [-0.1, -0.05) is 45.4 Å². The van der Waals surface area contributed by atoms with E-state index < -0.39 is 78.1 Å². The van der Waals surface area contributed by atoms with Gasteiger partial charge in [0.05, 0.1) is 46.1 Å². The standard InChI is InChI=1S/C45H58F2N10O11/c1-4-5-16-68-44-55-38(48)37-39(56-44)57(45(65)54-37)24-26-6-8-27(9-7-26)40(61)49-14-17-66-19-20-67-18-15-50-42(63)33(12-13-35(59)60)52-43(64)36(25(2)3)53-34(58)23-51-41(62)30-22-29(30)28-10-11-31(46)32(47)21-28/h6-11,21,25,29-30,33,36H,4-5,12-20,22-24H2,1-3H3,(H,49,61)(H,50,63)(H,51,62)(H,52,64)(H,53,58)(H,54,65)(H,59,60)(H2,48,55,56)/t29?,30?,33-,36+/m1/s1. The number of benzene rings is 2. The van der Waals surface area contributed by atoms with Crippen LogP contribution in [0.25, 0.3) is 11.2 Å². The van der Waals surface area contributed by atoms with Gasteiger partial charge < -0.3 is 56.7 Å². The maximum atomic E-state index is 13.6. The lowest BCUT2D eigenvalue weighted by Gasteiger charge is -2.25. The van der Waals surface area contributed by atoms with Crippen LogP contribution in [0.5, 0.6) is 12.0 Å². The number of aromatic hydroxyl groups is 1. The van der Waals surface area contributed by atoms with Gasteiger partial charge in [0.1, 0.15) is 12.1 Å². The Kier molecular flexibility index (Phi) is 19.3. The summed E-state index contributed by atoms with van der Waals surface area (Å²) in [6, 6.07) is 7.58. The van der Waals surface area contributed by atoms with Crippen molar-refractivity contribution in [1.82, 2.24) is 46.1 Å². The maximum absolute atomic E-state index is 13.6. The molecule has 1 saturated carbocycles. The summed E-state index contributed by atoms with van der Waals surface area (Å²) in [6.07, 6.45) is 1.47. The third-order valence-corrected chi connectivity index (χ3v) is 10.8. The molecule has 5 amide bonds. The first-order chi connectivity index (χ1) is 32.6. The Balaban J connectivity index is 0.961. The second-order valence-electron chi connectivity index (χ2n) is 16.4. The number of carboxylic acid groups (broad SMARTS) is 1. The average Bonchev–Trinajstić information content (AvgIpc) is 4.05. The Morgan fingerprint density at radius 1 is 0.868 bits per heavy atom. The van der Waals surface area contributed by atoms with E-state index in [9.17, 15) is 47.8 Å². The number of nitrogens with two attached hydrogens (primary N) is 1. The molecule has 2 aromatic carbocycles. The van der Waals surface area contributed by atoms with Crippen LogP contribution in [0.4, 0.5) is 14.6 Å². The molecule has 4 atom stereocenters. The summed E-state index contributed by atoms with van der Waals surface area (Å²) in [5.74, 6) is -7.32. The number of nitrogen functional groups attached to an aromatic ring is 1. The number of carboxylic acids is 1. The number of amides is 5. The molecule has 4 aromatic rings. The molecule has 0 spiro atoms. The van der Waals surface area contributed by atoms with Gasteiger partial charge in [-0.25, -0.2) is 8.78 Å². The number of rotatable bonds is 28. The number of fused-ring (bicyclic) bond motifs is 1. The summed E-state index contributed by atoms with van der Waals surface area (Å²) >= 11 is 0. The van der Waals surface area contributed by atoms with Crippen molar-refractivity contribution in [1.29, 1.82) is 0 Å². The molecule has 0 bridgehead atoms. The van der Waals surface area contributed by atoms with Crippen LogP contribution in [0.15, 0.2) is 42.5 Å². The zero-order chi connectivity index (χ0) is 49.3. The van der Waals surface area contributed by atoms with Crippen LogP contribution < -0.4 is 37.1 Å². The van der Waals surface area contributed by atoms with Gasteiger partial charge >= 0.3 is 12.0 Å². The van der Waals surface area contributed by atoms with Crippen LogP contribution in [-0.4, -0.2) is 130 Å². The molecule has 368 valence electrons. The number of hydrogen-bond acceptors (Lipinski definition) is 14. The first kappa shape index (κ1) is 52.0. The van der Waals surface area contributed by atoms with Gasteiger partial charge in [-0.05, 0) is 66.5 Å². The van der Waals surface area contributed by atoms with Crippen molar-refractivity contribution < 1.29 is 62.0 Å². The lowest BCUT2D eigenvalue weighted by atomic mass is 10.0. The van der Waals surface area contributed by atoms with E-state index in [1.807, 2.05) is 6.92 Å². The Bertz CT molecular complexity index is 2400. The van der Waals surface area contributed by atoms with Crippen LogP contribution in [0.3, 0.4) is 0 Å². The minimum Gasteiger partial charge on any atom is -0.481 e. The highest BCUT2D eigenvalue weighted by Crippen LogP contribution is 2.47. The number of halogens is 2. The molecule has 9 N–H and O–H groups in total. The summed E-state index contributed by atoms with van der Waals surface area (Å²) in [4.78, 5) is 88.4. The number of aromatic nitrogens is 4. The lowest BCUT2D eigenvalue weighted by Crippen LogP contribution is -2.56. The molecular weight excluding hydrogens is 895 g/mol. The van der Waals surface area contributed by atoms with Crippen molar-refractivity contribution in [2.24, 2.45) is 11.8 Å². The second-order valence-corrected chi connectivity index (χ2v) is 16.4. The molecule has 0 radical (unpaired) electrons. The maximum Gasteiger partial charge on any atom is 0.320 e. The summed E-state index contributed by atoms with van der Waals surface area (Å²) in [5, 5.41) is 32.7. The molecule has 68 heavy (non-hydrogen) atoms. The monoisotopic (exact) mass is 952 g/mol. The molecular formula is C45H58F2N10O11. The first-order valence-corrected chi connectivity index (χ1v) is 22.3. The van der Waals surface area contributed by atoms with Gasteiger partial charge in [-0.15, -0.1) is 0 Å². The molecule has 1 aliphatic carbocycles. The Hall–Kier alpha value is -7.01. The third-order valence-electron chi connectivity index (χ3n) is 10.8. The number of hydrogen-bond donors (Lipinski definition) is 8. The number of anilines is 1. The van der Waals surface area contributed by atoms with Gasteiger partial charge in [0.2, 0.25) is 23.6 Å². The molecule has 2 unspecified atom stereocenters. The molecule has 23 heteroatoms. The predicted molar refractivity (Wildman–Crippen MR) is 240 cm³/mol. The molecule has 1 fully saturated rings. The van der Waals surface area contributed by atoms with Crippen LogP contribution >= 0.6 is 0 Å². The number of aliphatic carboxylic acids is 1. The zero-order valence-electron chi connectivity index (χ0n) is 38.0. The van der Waals surface area contributed by atoms with E-state index in [0.29, 0.717) is 29.8 Å². The lowest BCUT2D eigenvalue weighted by molar-refractivity contribution is -0.138. The van der Waals surface area contributed by atoms with E-state index in [1.54, 1.807) is 38.1 Å². The Morgan fingerprint density at radius 3 is 2.24 bits per heavy atom.